The van der Waals surface area contributed by atoms with Crippen LogP contribution in [0, 0.1) is 17.1 Å². The molecule has 1 unspecified atom stereocenters. The molecule has 1 aliphatic rings. The van der Waals surface area contributed by atoms with Crippen molar-refractivity contribution in [2.45, 2.75) is 25.7 Å². The minimum absolute atomic E-state index is 0.118. The topological polar surface area (TPSA) is 79.4 Å². The molecule has 1 saturated heterocycles. The van der Waals surface area contributed by atoms with Crippen LogP contribution in [-0.2, 0) is 16.1 Å². The number of rotatable bonds is 3. The van der Waals surface area contributed by atoms with Gasteiger partial charge in [-0.3, -0.25) is 9.69 Å². The molecule has 1 aromatic carbocycles. The summed E-state index contributed by atoms with van der Waals surface area (Å²) in [6.45, 7) is 3.33. The van der Waals surface area contributed by atoms with Crippen LogP contribution in [0.4, 0.5) is 4.39 Å². The molecule has 2 atom stereocenters. The minimum Gasteiger partial charge on any atom is -0.367 e. The fourth-order valence-electron chi connectivity index (χ4n) is 2.36. The van der Waals surface area contributed by atoms with Crippen LogP contribution in [0.3, 0.4) is 0 Å². The predicted molar refractivity (Wildman–Crippen MR) is 69.9 cm³/mol. The molecule has 0 aliphatic carbocycles. The zero-order chi connectivity index (χ0) is 14.7. The molecule has 0 radical (unpaired) electrons. The molecule has 1 fully saturated rings. The quantitative estimate of drug-likeness (QED) is 0.885. The maximum Gasteiger partial charge on any atom is 0.247 e. The van der Waals surface area contributed by atoms with E-state index in [1.807, 2.05) is 17.9 Å². The van der Waals surface area contributed by atoms with Gasteiger partial charge in [0.1, 0.15) is 11.9 Å². The van der Waals surface area contributed by atoms with Crippen molar-refractivity contribution in [2.75, 3.05) is 13.1 Å². The van der Waals surface area contributed by atoms with Gasteiger partial charge >= 0.3 is 0 Å². The number of hydrogen-bond acceptors (Lipinski definition) is 4. The van der Waals surface area contributed by atoms with E-state index in [4.69, 9.17) is 15.7 Å². The smallest absolute Gasteiger partial charge is 0.247 e. The lowest BCUT2D eigenvalue weighted by Crippen LogP contribution is -2.51. The summed E-state index contributed by atoms with van der Waals surface area (Å²) in [6.07, 6.45) is -0.767. The number of ether oxygens (including phenoxy) is 1. The van der Waals surface area contributed by atoms with Gasteiger partial charge in [-0.05, 0) is 24.6 Å². The van der Waals surface area contributed by atoms with Crippen LogP contribution in [0.2, 0.25) is 0 Å². The SMILES string of the molecule is C[C@@H]1CN(Cc2ccc(F)cc2C#N)CC(C(N)=O)O1. The average Bonchev–Trinajstić information content (AvgIpc) is 2.40. The van der Waals surface area contributed by atoms with Gasteiger partial charge in [-0.2, -0.15) is 5.26 Å². The first-order chi connectivity index (χ1) is 9.49. The van der Waals surface area contributed by atoms with Gasteiger partial charge < -0.3 is 10.5 Å². The molecule has 0 bridgehead atoms. The van der Waals surface area contributed by atoms with Gasteiger partial charge in [-0.25, -0.2) is 4.39 Å². The molecule has 0 saturated carbocycles. The number of nitrogens with zero attached hydrogens (tertiary/aromatic N) is 2. The highest BCUT2D eigenvalue weighted by atomic mass is 19.1. The number of nitrogens with two attached hydrogens (primary N) is 1. The highest BCUT2D eigenvalue weighted by Crippen LogP contribution is 2.17. The number of hydrogen-bond donors (Lipinski definition) is 1. The number of carbonyl (C=O) groups excluding carboxylic acids is 1. The van der Waals surface area contributed by atoms with Gasteiger partial charge in [0, 0.05) is 19.6 Å². The fraction of sp³-hybridized carbons (Fsp3) is 0.429. The molecule has 2 N–H and O–H groups in total. The van der Waals surface area contributed by atoms with Crippen molar-refractivity contribution < 1.29 is 13.9 Å². The van der Waals surface area contributed by atoms with E-state index in [0.29, 0.717) is 25.2 Å². The molecule has 1 aromatic rings. The maximum absolute atomic E-state index is 13.1. The van der Waals surface area contributed by atoms with E-state index >= 15 is 0 Å². The fourth-order valence-corrected chi connectivity index (χ4v) is 2.36. The molecule has 20 heavy (non-hydrogen) atoms. The first-order valence-corrected chi connectivity index (χ1v) is 6.35. The minimum atomic E-state index is -0.648. The summed E-state index contributed by atoms with van der Waals surface area (Å²) >= 11 is 0. The number of amides is 1. The van der Waals surface area contributed by atoms with Crippen LogP contribution in [0.25, 0.3) is 0 Å². The van der Waals surface area contributed by atoms with Crippen LogP contribution in [0.5, 0.6) is 0 Å². The van der Waals surface area contributed by atoms with E-state index < -0.39 is 17.8 Å². The lowest BCUT2D eigenvalue weighted by molar-refractivity contribution is -0.142. The van der Waals surface area contributed by atoms with Crippen LogP contribution in [-0.4, -0.2) is 36.1 Å². The average molecular weight is 277 g/mol. The maximum atomic E-state index is 13.1. The van der Waals surface area contributed by atoms with Crippen LogP contribution in [0.1, 0.15) is 18.1 Å². The van der Waals surface area contributed by atoms with Crippen LogP contribution >= 0.6 is 0 Å². The van der Waals surface area contributed by atoms with Crippen molar-refractivity contribution in [1.29, 1.82) is 5.26 Å². The molecular formula is C14H16FN3O2. The van der Waals surface area contributed by atoms with Gasteiger partial charge in [0.05, 0.1) is 17.7 Å². The third-order valence-electron chi connectivity index (χ3n) is 3.24. The molecular weight excluding hydrogens is 261 g/mol. The van der Waals surface area contributed by atoms with Crippen molar-refractivity contribution >= 4 is 5.91 Å². The van der Waals surface area contributed by atoms with Gasteiger partial charge in [-0.15, -0.1) is 0 Å². The van der Waals surface area contributed by atoms with E-state index in [9.17, 15) is 9.18 Å². The van der Waals surface area contributed by atoms with Crippen molar-refractivity contribution in [3.05, 3.63) is 35.1 Å². The summed E-state index contributed by atoms with van der Waals surface area (Å²) < 4.78 is 18.5. The second kappa shape index (κ2) is 5.99. The summed E-state index contributed by atoms with van der Waals surface area (Å²) in [5, 5.41) is 9.03. The Labute approximate surface area is 116 Å². The van der Waals surface area contributed by atoms with Crippen molar-refractivity contribution in [3.8, 4) is 6.07 Å². The van der Waals surface area contributed by atoms with E-state index in [2.05, 4.69) is 0 Å². The first-order valence-electron chi connectivity index (χ1n) is 6.35. The number of morpholine rings is 1. The zero-order valence-corrected chi connectivity index (χ0v) is 11.2. The van der Waals surface area contributed by atoms with Gasteiger partial charge in [0.2, 0.25) is 5.91 Å². The Morgan fingerprint density at radius 1 is 1.60 bits per heavy atom. The summed E-state index contributed by atoms with van der Waals surface area (Å²) in [6, 6.07) is 6.11. The summed E-state index contributed by atoms with van der Waals surface area (Å²) in [5.74, 6) is -0.933. The van der Waals surface area contributed by atoms with Gasteiger partial charge in [0.25, 0.3) is 0 Å². The lowest BCUT2D eigenvalue weighted by atomic mass is 10.1. The Bertz CT molecular complexity index is 556. The second-order valence-electron chi connectivity index (χ2n) is 4.95. The number of halogens is 1. The Morgan fingerprint density at radius 3 is 3.00 bits per heavy atom. The zero-order valence-electron chi connectivity index (χ0n) is 11.2. The summed E-state index contributed by atoms with van der Waals surface area (Å²) in [7, 11) is 0. The molecule has 1 amide bonds. The standard InChI is InChI=1S/C14H16FN3O2/c1-9-6-18(8-13(20-9)14(17)19)7-10-2-3-12(15)4-11(10)5-16/h2-4,9,13H,6-8H2,1H3,(H2,17,19)/t9-,13?/m1/s1. The van der Waals surface area contributed by atoms with Crippen LogP contribution in [0.15, 0.2) is 18.2 Å². The monoisotopic (exact) mass is 277 g/mol. The van der Waals surface area contributed by atoms with Crippen molar-refractivity contribution in [2.24, 2.45) is 5.73 Å². The van der Waals surface area contributed by atoms with Gasteiger partial charge in [-0.1, -0.05) is 6.07 Å². The molecule has 1 aliphatic heterocycles. The third kappa shape index (κ3) is 3.32. The second-order valence-corrected chi connectivity index (χ2v) is 4.95. The molecule has 2 rings (SSSR count). The molecule has 5 nitrogen and oxygen atoms in total. The van der Waals surface area contributed by atoms with E-state index in [1.165, 1.54) is 12.1 Å². The highest BCUT2D eigenvalue weighted by Gasteiger charge is 2.29. The molecule has 106 valence electrons. The molecule has 0 aromatic heterocycles. The number of carbonyl (C=O) groups is 1. The van der Waals surface area contributed by atoms with Crippen molar-refractivity contribution in [3.63, 3.8) is 0 Å². The van der Waals surface area contributed by atoms with Crippen molar-refractivity contribution in [1.82, 2.24) is 4.90 Å². The largest absolute Gasteiger partial charge is 0.367 e. The number of benzene rings is 1. The lowest BCUT2D eigenvalue weighted by Gasteiger charge is -2.35. The van der Waals surface area contributed by atoms with Gasteiger partial charge in [0.15, 0.2) is 0 Å². The van der Waals surface area contributed by atoms with Crippen LogP contribution < -0.4 is 5.73 Å². The number of primary amides is 1. The Balaban J connectivity index is 2.13. The number of nitriles is 1. The normalized spacial score (nSPS) is 23.2. The van der Waals surface area contributed by atoms with E-state index in [1.54, 1.807) is 6.07 Å². The Morgan fingerprint density at radius 2 is 2.35 bits per heavy atom. The third-order valence-corrected chi connectivity index (χ3v) is 3.24. The summed E-state index contributed by atoms with van der Waals surface area (Å²) in [4.78, 5) is 13.2. The summed E-state index contributed by atoms with van der Waals surface area (Å²) in [5.41, 5.74) is 6.30. The Hall–Kier alpha value is -1.97. The first kappa shape index (κ1) is 14.4. The molecule has 1 heterocycles. The Kier molecular flexibility index (Phi) is 4.32. The molecule has 6 heteroatoms. The van der Waals surface area contributed by atoms with E-state index in [-0.39, 0.29) is 6.10 Å². The highest BCUT2D eigenvalue weighted by molar-refractivity contribution is 5.79. The molecule has 0 spiro atoms. The predicted octanol–water partition coefficient (Wildman–Crippen LogP) is 0.772. The van der Waals surface area contributed by atoms with E-state index in [0.717, 1.165) is 5.56 Å².